The Morgan fingerprint density at radius 1 is 1.24 bits per heavy atom. The Kier molecular flexibility index (Phi) is 6.49. The molecule has 0 saturated carbocycles. The molecular weight excluding hydrogens is 399 g/mol. The predicted molar refractivity (Wildman–Crippen MR) is 106 cm³/mol. The molecule has 1 saturated heterocycles. The number of halogens is 2. The highest BCUT2D eigenvalue weighted by molar-refractivity contribution is 6.31. The second-order valence-corrected chi connectivity index (χ2v) is 7.20. The Labute approximate surface area is 172 Å². The summed E-state index contributed by atoms with van der Waals surface area (Å²) < 4.78 is 18.4. The molecule has 0 bridgehead atoms. The van der Waals surface area contributed by atoms with Gasteiger partial charge in [0, 0.05) is 31.6 Å². The monoisotopic (exact) mass is 418 g/mol. The lowest BCUT2D eigenvalue weighted by atomic mass is 10.1. The zero-order chi connectivity index (χ0) is 21.0. The van der Waals surface area contributed by atoms with Crippen LogP contribution in [0.4, 0.5) is 10.1 Å². The molecule has 0 aliphatic carbocycles. The summed E-state index contributed by atoms with van der Waals surface area (Å²) in [7, 11) is 1.54. The summed E-state index contributed by atoms with van der Waals surface area (Å²) in [6.45, 7) is 0.206. The molecule has 6 nitrogen and oxygen atoms in total. The molecule has 2 amide bonds. The molecule has 3 rings (SSSR count). The summed E-state index contributed by atoms with van der Waals surface area (Å²) in [6.07, 6.45) is 1.10. The third-order valence-corrected chi connectivity index (χ3v) is 4.84. The van der Waals surface area contributed by atoms with E-state index in [-0.39, 0.29) is 23.8 Å². The lowest BCUT2D eigenvalue weighted by molar-refractivity contribution is -0.133. The average Bonchev–Trinajstić information content (AvgIpc) is 3.11. The quantitative estimate of drug-likeness (QED) is 0.674. The van der Waals surface area contributed by atoms with Gasteiger partial charge in [0.25, 0.3) is 5.91 Å². The number of amides is 2. The molecule has 0 atom stereocenters. The summed E-state index contributed by atoms with van der Waals surface area (Å²) in [5.74, 6) is -1.63. The zero-order valence-electron chi connectivity index (χ0n) is 15.9. The SMILES string of the molecule is CN(Cc1cccc(F)c1)C(=O)COC(=O)c1ccc(Cl)cc1N1CCCC1=O. The van der Waals surface area contributed by atoms with Gasteiger partial charge in [0.2, 0.25) is 5.91 Å². The average molecular weight is 419 g/mol. The number of ether oxygens (including phenoxy) is 1. The minimum Gasteiger partial charge on any atom is -0.452 e. The van der Waals surface area contributed by atoms with Gasteiger partial charge in [-0.1, -0.05) is 23.7 Å². The standard InChI is InChI=1S/C21H20ClFN2O4/c1-24(12-14-4-2-5-16(23)10-14)20(27)13-29-21(28)17-8-7-15(22)11-18(17)25-9-3-6-19(25)26/h2,4-5,7-8,10-11H,3,6,9,12-13H2,1H3. The number of hydrogen-bond acceptors (Lipinski definition) is 4. The van der Waals surface area contributed by atoms with E-state index >= 15 is 0 Å². The van der Waals surface area contributed by atoms with Crippen LogP contribution in [0.3, 0.4) is 0 Å². The third-order valence-electron chi connectivity index (χ3n) is 4.61. The van der Waals surface area contributed by atoms with Gasteiger partial charge >= 0.3 is 5.97 Å². The number of rotatable bonds is 6. The van der Waals surface area contributed by atoms with Gasteiger partial charge in [0.05, 0.1) is 11.3 Å². The fourth-order valence-corrected chi connectivity index (χ4v) is 3.28. The minimum absolute atomic E-state index is 0.0905. The predicted octanol–water partition coefficient (Wildman–Crippen LogP) is 3.42. The Bertz CT molecular complexity index is 950. The highest BCUT2D eigenvalue weighted by atomic mass is 35.5. The van der Waals surface area contributed by atoms with Crippen LogP contribution in [0.1, 0.15) is 28.8 Å². The number of nitrogens with zero attached hydrogens (tertiary/aromatic N) is 2. The molecule has 1 heterocycles. The fourth-order valence-electron chi connectivity index (χ4n) is 3.12. The summed E-state index contributed by atoms with van der Waals surface area (Å²) in [5.41, 5.74) is 1.18. The molecule has 0 unspecified atom stereocenters. The van der Waals surface area contributed by atoms with E-state index < -0.39 is 18.5 Å². The van der Waals surface area contributed by atoms with Crippen molar-refractivity contribution in [3.05, 3.63) is 64.4 Å². The van der Waals surface area contributed by atoms with Crippen molar-refractivity contribution in [2.45, 2.75) is 19.4 Å². The molecule has 2 aromatic carbocycles. The van der Waals surface area contributed by atoms with Crippen LogP contribution in [-0.4, -0.2) is 42.9 Å². The van der Waals surface area contributed by atoms with Crippen LogP contribution in [0.2, 0.25) is 5.02 Å². The molecule has 2 aromatic rings. The first kappa shape index (κ1) is 20.8. The molecule has 0 radical (unpaired) electrons. The maximum atomic E-state index is 13.3. The van der Waals surface area contributed by atoms with Gasteiger partial charge < -0.3 is 14.5 Å². The van der Waals surface area contributed by atoms with Crippen LogP contribution < -0.4 is 4.90 Å². The Morgan fingerprint density at radius 2 is 2.03 bits per heavy atom. The second-order valence-electron chi connectivity index (χ2n) is 6.77. The summed E-state index contributed by atoms with van der Waals surface area (Å²) in [4.78, 5) is 39.7. The van der Waals surface area contributed by atoms with Gasteiger partial charge in [-0.2, -0.15) is 0 Å². The van der Waals surface area contributed by atoms with Crippen LogP contribution in [-0.2, 0) is 20.9 Å². The first-order valence-corrected chi connectivity index (χ1v) is 9.48. The molecule has 29 heavy (non-hydrogen) atoms. The molecular formula is C21H20ClFN2O4. The maximum absolute atomic E-state index is 13.3. The van der Waals surface area contributed by atoms with Gasteiger partial charge in [0.1, 0.15) is 5.82 Å². The number of likely N-dealkylation sites (N-methyl/N-ethyl adjacent to an activating group) is 1. The molecule has 1 aliphatic rings. The Balaban J connectivity index is 1.64. The molecule has 0 N–H and O–H groups in total. The number of carbonyl (C=O) groups is 3. The highest BCUT2D eigenvalue weighted by Crippen LogP contribution is 2.29. The van der Waals surface area contributed by atoms with Gasteiger partial charge in [-0.15, -0.1) is 0 Å². The molecule has 1 aliphatic heterocycles. The first-order chi connectivity index (χ1) is 13.8. The minimum atomic E-state index is -0.719. The Morgan fingerprint density at radius 3 is 2.72 bits per heavy atom. The topological polar surface area (TPSA) is 66.9 Å². The molecule has 8 heteroatoms. The van der Waals surface area contributed by atoms with Crippen molar-refractivity contribution in [2.75, 3.05) is 25.1 Å². The van der Waals surface area contributed by atoms with E-state index in [9.17, 15) is 18.8 Å². The summed E-state index contributed by atoms with van der Waals surface area (Å²) in [6, 6.07) is 10.5. The summed E-state index contributed by atoms with van der Waals surface area (Å²) >= 11 is 6.03. The van der Waals surface area contributed by atoms with Crippen LogP contribution in [0.5, 0.6) is 0 Å². The van der Waals surface area contributed by atoms with Crippen molar-refractivity contribution in [2.24, 2.45) is 0 Å². The number of benzene rings is 2. The van der Waals surface area contributed by atoms with E-state index in [1.54, 1.807) is 18.2 Å². The van der Waals surface area contributed by atoms with Crippen molar-refractivity contribution in [1.82, 2.24) is 4.90 Å². The number of anilines is 1. The van der Waals surface area contributed by atoms with E-state index in [1.165, 1.54) is 41.1 Å². The lowest BCUT2D eigenvalue weighted by Crippen LogP contribution is -2.31. The van der Waals surface area contributed by atoms with Crippen molar-refractivity contribution in [3.63, 3.8) is 0 Å². The molecule has 0 spiro atoms. The molecule has 0 aromatic heterocycles. The van der Waals surface area contributed by atoms with E-state index in [1.807, 2.05) is 0 Å². The zero-order valence-corrected chi connectivity index (χ0v) is 16.6. The van der Waals surface area contributed by atoms with Crippen LogP contribution in [0.15, 0.2) is 42.5 Å². The number of hydrogen-bond donors (Lipinski definition) is 0. The van der Waals surface area contributed by atoms with E-state index in [4.69, 9.17) is 16.3 Å². The van der Waals surface area contributed by atoms with Crippen molar-refractivity contribution in [1.29, 1.82) is 0 Å². The lowest BCUT2D eigenvalue weighted by Gasteiger charge is -2.20. The normalized spacial score (nSPS) is 13.5. The highest BCUT2D eigenvalue weighted by Gasteiger charge is 2.27. The summed E-state index contributed by atoms with van der Waals surface area (Å²) in [5, 5.41) is 0.391. The van der Waals surface area contributed by atoms with E-state index in [2.05, 4.69) is 0 Å². The second kappa shape index (κ2) is 9.05. The van der Waals surface area contributed by atoms with Gasteiger partial charge in [-0.3, -0.25) is 9.59 Å². The van der Waals surface area contributed by atoms with Crippen molar-refractivity contribution >= 4 is 35.1 Å². The van der Waals surface area contributed by atoms with E-state index in [0.29, 0.717) is 35.7 Å². The number of esters is 1. The van der Waals surface area contributed by atoms with Crippen LogP contribution in [0.25, 0.3) is 0 Å². The van der Waals surface area contributed by atoms with Crippen molar-refractivity contribution < 1.29 is 23.5 Å². The van der Waals surface area contributed by atoms with E-state index in [0.717, 1.165) is 0 Å². The first-order valence-electron chi connectivity index (χ1n) is 9.10. The Hall–Kier alpha value is -2.93. The fraction of sp³-hybridized carbons (Fsp3) is 0.286. The molecule has 152 valence electrons. The maximum Gasteiger partial charge on any atom is 0.340 e. The smallest absolute Gasteiger partial charge is 0.340 e. The van der Waals surface area contributed by atoms with Gasteiger partial charge in [-0.05, 0) is 42.3 Å². The van der Waals surface area contributed by atoms with Crippen molar-refractivity contribution in [3.8, 4) is 0 Å². The largest absolute Gasteiger partial charge is 0.452 e. The van der Waals surface area contributed by atoms with Gasteiger partial charge in [-0.25, -0.2) is 9.18 Å². The van der Waals surface area contributed by atoms with Crippen LogP contribution >= 0.6 is 11.6 Å². The molecule has 1 fully saturated rings. The number of carbonyl (C=O) groups excluding carboxylic acids is 3. The van der Waals surface area contributed by atoms with Gasteiger partial charge in [0.15, 0.2) is 6.61 Å². The van der Waals surface area contributed by atoms with Crippen LogP contribution in [0, 0.1) is 5.82 Å². The third kappa shape index (κ3) is 5.12.